The van der Waals surface area contributed by atoms with E-state index in [1.54, 1.807) is 87.5 Å². The Labute approximate surface area is 380 Å². The van der Waals surface area contributed by atoms with Crippen molar-refractivity contribution in [2.45, 2.75) is 91.3 Å². The van der Waals surface area contributed by atoms with Crippen LogP contribution < -0.4 is 11.1 Å². The first kappa shape index (κ1) is 48.8. The molecular formula is C49H58Cl2F2N6O4. The number of halogens is 4. The lowest BCUT2D eigenvalue weighted by molar-refractivity contribution is -0.132. The molecular weight excluding hydrogens is 845 g/mol. The summed E-state index contributed by atoms with van der Waals surface area (Å²) in [6.07, 6.45) is 5.89. The molecule has 2 fully saturated rings. The number of benzene rings is 4. The van der Waals surface area contributed by atoms with Crippen molar-refractivity contribution in [1.29, 1.82) is 0 Å². The number of piperazine rings is 2. The maximum atomic E-state index is 13.2. The van der Waals surface area contributed by atoms with Gasteiger partial charge >= 0.3 is 6.09 Å². The van der Waals surface area contributed by atoms with Gasteiger partial charge in [-0.05, 0) is 131 Å². The first-order valence-electron chi connectivity index (χ1n) is 21.0. The topological polar surface area (TPSA) is 111 Å². The van der Waals surface area contributed by atoms with E-state index in [2.05, 4.69) is 29.0 Å². The number of ether oxygens (including phenoxy) is 1. The molecule has 3 amide bonds. The Hall–Kier alpha value is -5.27. The number of nitrogens with two attached hydrogens (primary N) is 1. The van der Waals surface area contributed by atoms with Gasteiger partial charge in [-0.1, -0.05) is 59.6 Å². The maximum Gasteiger partial charge on any atom is 0.412 e. The average molecular weight is 904 g/mol. The lowest BCUT2D eigenvalue weighted by Crippen LogP contribution is -2.57. The number of hydrogen-bond acceptors (Lipinski definition) is 7. The molecule has 4 aromatic carbocycles. The number of amides is 3. The van der Waals surface area contributed by atoms with Gasteiger partial charge in [0.15, 0.2) is 0 Å². The molecule has 63 heavy (non-hydrogen) atoms. The number of hydrogen-bond donors (Lipinski definition) is 2. The number of anilines is 2. The molecule has 0 spiro atoms. The first-order chi connectivity index (χ1) is 29.7. The van der Waals surface area contributed by atoms with Crippen LogP contribution in [0.15, 0.2) is 97.1 Å². The van der Waals surface area contributed by atoms with Gasteiger partial charge in [-0.15, -0.1) is 0 Å². The normalized spacial score (nSPS) is 19.8. The van der Waals surface area contributed by atoms with E-state index in [9.17, 15) is 23.2 Å². The van der Waals surface area contributed by atoms with Crippen LogP contribution in [0, 0.1) is 11.6 Å². The van der Waals surface area contributed by atoms with Gasteiger partial charge in [0, 0.05) is 91.3 Å². The molecule has 2 aliphatic heterocycles. The van der Waals surface area contributed by atoms with E-state index in [0.29, 0.717) is 53.2 Å². The second-order valence-electron chi connectivity index (χ2n) is 17.3. The minimum Gasteiger partial charge on any atom is -0.444 e. The number of carbonyl (C=O) groups excluding carboxylic acids is 3. The molecule has 0 saturated carbocycles. The smallest absolute Gasteiger partial charge is 0.412 e. The molecule has 0 aromatic heterocycles. The minimum absolute atomic E-state index is 0.00775. The third-order valence-corrected chi connectivity index (χ3v) is 11.4. The second kappa shape index (κ2) is 21.9. The van der Waals surface area contributed by atoms with E-state index in [1.165, 1.54) is 30.3 Å². The summed E-state index contributed by atoms with van der Waals surface area (Å²) in [7, 11) is 0. The highest BCUT2D eigenvalue weighted by molar-refractivity contribution is 6.31. The lowest BCUT2D eigenvalue weighted by atomic mass is 10.1. The lowest BCUT2D eigenvalue weighted by Gasteiger charge is -2.44. The monoisotopic (exact) mass is 902 g/mol. The molecule has 14 heteroatoms. The Balaban J connectivity index is 0.000000243. The predicted molar refractivity (Wildman–Crippen MR) is 250 cm³/mol. The molecule has 0 aliphatic carbocycles. The van der Waals surface area contributed by atoms with Crippen molar-refractivity contribution in [2.24, 2.45) is 0 Å². The van der Waals surface area contributed by atoms with E-state index in [1.807, 2.05) is 35.8 Å². The van der Waals surface area contributed by atoms with Gasteiger partial charge in [0.1, 0.15) is 17.2 Å². The van der Waals surface area contributed by atoms with Crippen LogP contribution in [0.3, 0.4) is 0 Å². The number of carbonyl (C=O) groups is 3. The van der Waals surface area contributed by atoms with Crippen molar-refractivity contribution in [1.82, 2.24) is 19.6 Å². The summed E-state index contributed by atoms with van der Waals surface area (Å²) in [4.78, 5) is 46.4. The highest BCUT2D eigenvalue weighted by Gasteiger charge is 2.32. The number of nitrogens with one attached hydrogen (secondary N) is 1. The summed E-state index contributed by atoms with van der Waals surface area (Å²) in [6, 6.07) is 23.8. The highest BCUT2D eigenvalue weighted by Crippen LogP contribution is 2.26. The summed E-state index contributed by atoms with van der Waals surface area (Å²) in [5.74, 6) is -0.615. The fourth-order valence-electron chi connectivity index (χ4n) is 7.51. The zero-order chi connectivity index (χ0) is 46.0. The van der Waals surface area contributed by atoms with Crippen LogP contribution in [-0.2, 0) is 27.4 Å². The van der Waals surface area contributed by atoms with E-state index in [0.717, 1.165) is 29.8 Å². The maximum absolute atomic E-state index is 13.2. The van der Waals surface area contributed by atoms with Crippen LogP contribution in [-0.4, -0.2) is 93.5 Å². The third kappa shape index (κ3) is 14.6. The van der Waals surface area contributed by atoms with Crippen molar-refractivity contribution in [3.8, 4) is 0 Å². The van der Waals surface area contributed by atoms with E-state index >= 15 is 0 Å². The number of nitrogen functional groups attached to an aromatic ring is 1. The van der Waals surface area contributed by atoms with Crippen molar-refractivity contribution < 1.29 is 27.9 Å². The Morgan fingerprint density at radius 3 is 1.54 bits per heavy atom. The summed E-state index contributed by atoms with van der Waals surface area (Å²) in [5, 5.41) is 3.74. The van der Waals surface area contributed by atoms with Gasteiger partial charge in [-0.2, -0.15) is 0 Å². The molecule has 4 aromatic rings. The Bertz CT molecular complexity index is 2270. The van der Waals surface area contributed by atoms with Gasteiger partial charge < -0.3 is 20.3 Å². The van der Waals surface area contributed by atoms with Gasteiger partial charge in [0.25, 0.3) is 0 Å². The Morgan fingerprint density at radius 2 is 1.10 bits per heavy atom. The molecule has 2 saturated heterocycles. The second-order valence-corrected chi connectivity index (χ2v) is 18.2. The first-order valence-corrected chi connectivity index (χ1v) is 21.8. The largest absolute Gasteiger partial charge is 0.444 e. The van der Waals surface area contributed by atoms with Crippen molar-refractivity contribution >= 4 is 64.6 Å². The quantitative estimate of drug-likeness (QED) is 0.127. The zero-order valence-electron chi connectivity index (χ0n) is 37.0. The Kier molecular flexibility index (Phi) is 16.9. The van der Waals surface area contributed by atoms with Gasteiger partial charge in [-0.3, -0.25) is 24.7 Å². The fraction of sp³-hybridized carbons (Fsp3) is 0.367. The molecule has 10 nitrogen and oxygen atoms in total. The highest BCUT2D eigenvalue weighted by atomic mass is 35.5. The molecule has 0 unspecified atom stereocenters. The summed E-state index contributed by atoms with van der Waals surface area (Å²) < 4.78 is 31.6. The van der Waals surface area contributed by atoms with Crippen LogP contribution in [0.2, 0.25) is 10.0 Å². The predicted octanol–water partition coefficient (Wildman–Crippen LogP) is 10.2. The number of nitrogens with zero attached hydrogens (tertiary/aromatic N) is 4. The van der Waals surface area contributed by atoms with Gasteiger partial charge in [0.05, 0.1) is 5.69 Å². The molecule has 2 aliphatic rings. The van der Waals surface area contributed by atoms with E-state index in [-0.39, 0.29) is 47.6 Å². The summed E-state index contributed by atoms with van der Waals surface area (Å²) in [5.41, 5.74) is 9.83. The average Bonchev–Trinajstić information content (AvgIpc) is 3.20. The standard InChI is InChI=1S/C27H33ClFN3O3.C22H25ClFN3O/c1-18-16-32(19(2)15-31(18)17-20-6-11-23(29)12-7-20)25(33)13-9-21-8-10-22(28)14-24(21)30-26(34)35-27(3,4)5;1-15-13-27(22(28)10-6-18-5-7-19(23)11-21(18)25)16(2)12-26(15)14-17-3-8-20(24)9-4-17/h6-14,18-19H,15-17H2,1-5H3,(H,30,34);3-11,15-16H,12-14,25H2,1-2H3/b13-9+;10-6+/t18-,19+;15-,16+/m11/s1. The van der Waals surface area contributed by atoms with Crippen LogP contribution >= 0.6 is 23.2 Å². The molecule has 0 bridgehead atoms. The molecule has 6 rings (SSSR count). The molecule has 2 heterocycles. The summed E-state index contributed by atoms with van der Waals surface area (Å²) >= 11 is 12.0. The van der Waals surface area contributed by atoms with Gasteiger partial charge in [0.2, 0.25) is 11.8 Å². The molecule has 336 valence electrons. The molecule has 0 radical (unpaired) electrons. The van der Waals surface area contributed by atoms with Gasteiger partial charge in [-0.25, -0.2) is 13.6 Å². The zero-order valence-corrected chi connectivity index (χ0v) is 38.5. The molecule has 4 atom stereocenters. The van der Waals surface area contributed by atoms with Crippen LogP contribution in [0.1, 0.15) is 70.7 Å². The van der Waals surface area contributed by atoms with E-state index < -0.39 is 11.7 Å². The van der Waals surface area contributed by atoms with Crippen LogP contribution in [0.4, 0.5) is 25.0 Å². The fourth-order valence-corrected chi connectivity index (χ4v) is 7.86. The SMILES string of the molecule is C[C@@H]1CN(C(=O)/C=C/c2ccc(Cl)cc2N)[C@@H](C)CN1Cc1ccc(F)cc1.C[C@@H]1CN(C(=O)/C=C/c2ccc(Cl)cc2NC(=O)OC(C)(C)C)[C@@H](C)CN1Cc1ccc(F)cc1. The van der Waals surface area contributed by atoms with Crippen molar-refractivity contribution in [3.05, 3.63) is 141 Å². The number of rotatable bonds is 9. The Morgan fingerprint density at radius 1 is 0.667 bits per heavy atom. The molecule has 3 N–H and O–H groups in total. The summed E-state index contributed by atoms with van der Waals surface area (Å²) in [6.45, 7) is 17.8. The minimum atomic E-state index is -0.639. The van der Waals surface area contributed by atoms with Crippen LogP contribution in [0.5, 0.6) is 0 Å². The van der Waals surface area contributed by atoms with Crippen molar-refractivity contribution in [2.75, 3.05) is 37.2 Å². The van der Waals surface area contributed by atoms with Crippen molar-refractivity contribution in [3.63, 3.8) is 0 Å². The van der Waals surface area contributed by atoms with Crippen LogP contribution in [0.25, 0.3) is 12.2 Å². The van der Waals surface area contributed by atoms with E-state index in [4.69, 9.17) is 33.7 Å². The third-order valence-electron chi connectivity index (χ3n) is 10.9.